The summed E-state index contributed by atoms with van der Waals surface area (Å²) in [5.41, 5.74) is 1.11. The van der Waals surface area contributed by atoms with Crippen molar-refractivity contribution in [3.05, 3.63) is 35.9 Å². The van der Waals surface area contributed by atoms with Crippen LogP contribution in [0.3, 0.4) is 0 Å². The van der Waals surface area contributed by atoms with Gasteiger partial charge in [-0.25, -0.2) is 0 Å². The van der Waals surface area contributed by atoms with Gasteiger partial charge in [0.25, 0.3) is 0 Å². The molecule has 4 aliphatic rings. The predicted molar refractivity (Wildman–Crippen MR) is 101 cm³/mol. The van der Waals surface area contributed by atoms with Crippen molar-refractivity contribution >= 4 is 11.8 Å². The van der Waals surface area contributed by atoms with Gasteiger partial charge in [0, 0.05) is 24.9 Å². The lowest BCUT2D eigenvalue weighted by atomic mass is 9.49. The van der Waals surface area contributed by atoms with Gasteiger partial charge in [-0.15, -0.1) is 0 Å². The molecule has 1 aromatic rings. The number of benzene rings is 1. The molecule has 2 N–H and O–H groups in total. The third-order valence-corrected chi connectivity index (χ3v) is 6.74. The highest BCUT2D eigenvalue weighted by Crippen LogP contribution is 2.60. The molecule has 0 spiro atoms. The average molecular weight is 354 g/mol. The van der Waals surface area contributed by atoms with E-state index in [9.17, 15) is 9.59 Å². The van der Waals surface area contributed by atoms with Gasteiger partial charge in [0.2, 0.25) is 11.8 Å². The molecule has 140 valence electrons. The number of carbonyl (C=O) groups is 2. The minimum absolute atomic E-state index is 0.0201. The van der Waals surface area contributed by atoms with Gasteiger partial charge in [0.15, 0.2) is 0 Å². The summed E-state index contributed by atoms with van der Waals surface area (Å²) in [5.74, 6) is 2.55. The fourth-order valence-corrected chi connectivity index (χ4v) is 5.95. The zero-order chi connectivity index (χ0) is 18.0. The first-order valence-electron chi connectivity index (χ1n) is 10.2. The average Bonchev–Trinajstić information content (AvgIpc) is 2.61. The molecule has 0 unspecified atom stereocenters. The summed E-state index contributed by atoms with van der Waals surface area (Å²) in [6.45, 7) is 1.10. The molecule has 4 saturated carbocycles. The Kier molecular flexibility index (Phi) is 5.01. The number of amides is 2. The number of hydrogen-bond acceptors (Lipinski definition) is 2. The Morgan fingerprint density at radius 3 is 2.12 bits per heavy atom. The molecular formula is C22H30N2O2. The molecule has 0 atom stereocenters. The number of rotatable bonds is 7. The predicted octanol–water partition coefficient (Wildman–Crippen LogP) is 3.07. The van der Waals surface area contributed by atoms with Gasteiger partial charge in [0.05, 0.1) is 0 Å². The van der Waals surface area contributed by atoms with Gasteiger partial charge in [-0.3, -0.25) is 9.59 Å². The monoisotopic (exact) mass is 354 g/mol. The fourth-order valence-electron chi connectivity index (χ4n) is 5.95. The SMILES string of the molecule is O=C(CCNC(=O)C12CC3CC(CC(C3)C1)C2)NCCc1ccccc1. The summed E-state index contributed by atoms with van der Waals surface area (Å²) >= 11 is 0. The van der Waals surface area contributed by atoms with E-state index in [1.54, 1.807) is 0 Å². The quantitative estimate of drug-likeness (QED) is 0.791. The Morgan fingerprint density at radius 1 is 0.885 bits per heavy atom. The second-order valence-corrected chi connectivity index (χ2v) is 8.79. The normalized spacial score (nSPS) is 31.6. The summed E-state index contributed by atoms with van der Waals surface area (Å²) in [4.78, 5) is 24.8. The van der Waals surface area contributed by atoms with Crippen LogP contribution in [-0.4, -0.2) is 24.9 Å². The second-order valence-electron chi connectivity index (χ2n) is 8.79. The maximum Gasteiger partial charge on any atom is 0.226 e. The lowest BCUT2D eigenvalue weighted by Crippen LogP contribution is -2.53. The molecule has 4 fully saturated rings. The van der Waals surface area contributed by atoms with Crippen molar-refractivity contribution in [2.75, 3.05) is 13.1 Å². The van der Waals surface area contributed by atoms with E-state index in [1.165, 1.54) is 24.8 Å². The summed E-state index contributed by atoms with van der Waals surface area (Å²) in [6, 6.07) is 10.2. The molecule has 4 nitrogen and oxygen atoms in total. The van der Waals surface area contributed by atoms with Crippen LogP contribution >= 0.6 is 0 Å². The van der Waals surface area contributed by atoms with Crippen molar-refractivity contribution in [3.8, 4) is 0 Å². The van der Waals surface area contributed by atoms with Gasteiger partial charge >= 0.3 is 0 Å². The molecule has 0 heterocycles. The minimum atomic E-state index is -0.113. The Morgan fingerprint density at radius 2 is 1.50 bits per heavy atom. The minimum Gasteiger partial charge on any atom is -0.356 e. The van der Waals surface area contributed by atoms with Crippen LogP contribution in [0.4, 0.5) is 0 Å². The molecule has 26 heavy (non-hydrogen) atoms. The van der Waals surface area contributed by atoms with E-state index in [0.29, 0.717) is 19.5 Å². The summed E-state index contributed by atoms with van der Waals surface area (Å²) in [7, 11) is 0. The maximum atomic E-state index is 12.8. The van der Waals surface area contributed by atoms with E-state index < -0.39 is 0 Å². The van der Waals surface area contributed by atoms with E-state index in [2.05, 4.69) is 22.8 Å². The van der Waals surface area contributed by atoms with Crippen LogP contribution < -0.4 is 10.6 Å². The molecular weight excluding hydrogens is 324 g/mol. The van der Waals surface area contributed by atoms with E-state index in [1.807, 2.05) is 18.2 Å². The van der Waals surface area contributed by atoms with Gasteiger partial charge in [-0.05, 0) is 68.3 Å². The van der Waals surface area contributed by atoms with Crippen LogP contribution in [0.1, 0.15) is 50.5 Å². The van der Waals surface area contributed by atoms with E-state index >= 15 is 0 Å². The van der Waals surface area contributed by atoms with Crippen molar-refractivity contribution in [1.29, 1.82) is 0 Å². The van der Waals surface area contributed by atoms with Crippen LogP contribution in [0.25, 0.3) is 0 Å². The first-order chi connectivity index (χ1) is 12.6. The van der Waals surface area contributed by atoms with E-state index in [4.69, 9.17) is 0 Å². The fraction of sp³-hybridized carbons (Fsp3) is 0.636. The van der Waals surface area contributed by atoms with Crippen molar-refractivity contribution in [2.45, 2.75) is 51.4 Å². The van der Waals surface area contributed by atoms with Gasteiger partial charge in [-0.2, -0.15) is 0 Å². The number of nitrogens with one attached hydrogen (secondary N) is 2. The number of carbonyl (C=O) groups excluding carboxylic acids is 2. The van der Waals surface area contributed by atoms with E-state index in [-0.39, 0.29) is 17.2 Å². The van der Waals surface area contributed by atoms with Crippen LogP contribution in [0.15, 0.2) is 30.3 Å². The van der Waals surface area contributed by atoms with Gasteiger partial charge < -0.3 is 10.6 Å². The van der Waals surface area contributed by atoms with Gasteiger partial charge in [-0.1, -0.05) is 30.3 Å². The topological polar surface area (TPSA) is 58.2 Å². The highest BCUT2D eigenvalue weighted by molar-refractivity contribution is 5.84. The van der Waals surface area contributed by atoms with E-state index in [0.717, 1.165) is 43.4 Å². The Hall–Kier alpha value is -1.84. The summed E-state index contributed by atoms with van der Waals surface area (Å²) in [6.07, 6.45) is 8.47. The highest BCUT2D eigenvalue weighted by atomic mass is 16.2. The Labute approximate surface area is 156 Å². The summed E-state index contributed by atoms with van der Waals surface area (Å²) < 4.78 is 0. The maximum absolute atomic E-state index is 12.8. The van der Waals surface area contributed by atoms with Crippen molar-refractivity contribution in [3.63, 3.8) is 0 Å². The lowest BCUT2D eigenvalue weighted by Gasteiger charge is -2.55. The molecule has 0 radical (unpaired) electrons. The molecule has 4 aliphatic carbocycles. The van der Waals surface area contributed by atoms with Crippen LogP contribution in [0.2, 0.25) is 0 Å². The zero-order valence-electron chi connectivity index (χ0n) is 15.5. The molecule has 0 aliphatic heterocycles. The van der Waals surface area contributed by atoms with Crippen molar-refractivity contribution in [1.82, 2.24) is 10.6 Å². The van der Waals surface area contributed by atoms with Crippen LogP contribution in [0, 0.1) is 23.2 Å². The molecule has 4 heteroatoms. The van der Waals surface area contributed by atoms with Gasteiger partial charge in [0.1, 0.15) is 0 Å². The smallest absolute Gasteiger partial charge is 0.226 e. The van der Waals surface area contributed by atoms with Crippen LogP contribution in [0.5, 0.6) is 0 Å². The van der Waals surface area contributed by atoms with Crippen molar-refractivity contribution < 1.29 is 9.59 Å². The lowest BCUT2D eigenvalue weighted by molar-refractivity contribution is -0.146. The molecule has 0 saturated heterocycles. The highest BCUT2D eigenvalue weighted by Gasteiger charge is 2.54. The third kappa shape index (κ3) is 3.79. The standard InChI is InChI=1S/C22H30N2O2/c25-20(23-8-6-16-4-2-1-3-5-16)7-9-24-21(26)22-13-17-10-18(14-22)12-19(11-17)15-22/h1-5,17-19H,6-15H2,(H,23,25)(H,24,26). The molecule has 0 aromatic heterocycles. The third-order valence-electron chi connectivity index (χ3n) is 6.74. The molecule has 2 amide bonds. The zero-order valence-corrected chi connectivity index (χ0v) is 15.5. The second kappa shape index (κ2) is 7.42. The van der Waals surface area contributed by atoms with Crippen molar-refractivity contribution in [2.24, 2.45) is 23.2 Å². The Balaban J connectivity index is 1.17. The van der Waals surface area contributed by atoms with Crippen LogP contribution in [-0.2, 0) is 16.0 Å². The molecule has 5 rings (SSSR count). The summed E-state index contributed by atoms with van der Waals surface area (Å²) in [5, 5.41) is 6.03. The first-order valence-corrected chi connectivity index (χ1v) is 10.2. The Bertz CT molecular complexity index is 620. The molecule has 1 aromatic carbocycles. The largest absolute Gasteiger partial charge is 0.356 e. The first kappa shape index (κ1) is 17.6. The molecule has 4 bridgehead atoms. The number of hydrogen-bond donors (Lipinski definition) is 2.